The normalized spacial score (nSPS) is 11.7. The number of sulfonamides is 1. The number of benzene rings is 2. The van der Waals surface area contributed by atoms with Crippen LogP contribution in [-0.2, 0) is 10.0 Å². The molecule has 3 N–H and O–H groups in total. The summed E-state index contributed by atoms with van der Waals surface area (Å²) in [6.07, 6.45) is 1.66. The predicted octanol–water partition coefficient (Wildman–Crippen LogP) is 2.54. The second-order valence-electron chi connectivity index (χ2n) is 3.96. The van der Waals surface area contributed by atoms with Crippen LogP contribution in [-0.4, -0.2) is 14.6 Å². The van der Waals surface area contributed by atoms with Crippen LogP contribution in [0.4, 0.5) is 5.69 Å². The summed E-state index contributed by atoms with van der Waals surface area (Å²) < 4.78 is 23.1. The van der Waals surface area contributed by atoms with E-state index in [1.165, 1.54) is 12.1 Å². The molecule has 104 valence electrons. The van der Waals surface area contributed by atoms with E-state index in [1.54, 1.807) is 18.3 Å². The average Bonchev–Trinajstić information content (AvgIpc) is 2.40. The SMILES string of the molecule is NS(=O)(=O)c1ccc(N/N=C/c2ccccc2Br)cc1. The zero-order valence-corrected chi connectivity index (χ0v) is 12.7. The number of nitrogens with two attached hydrogens (primary N) is 1. The largest absolute Gasteiger partial charge is 0.279 e. The second kappa shape index (κ2) is 6.17. The summed E-state index contributed by atoms with van der Waals surface area (Å²) in [6, 6.07) is 13.7. The van der Waals surface area contributed by atoms with Gasteiger partial charge in [-0.25, -0.2) is 13.6 Å². The quantitative estimate of drug-likeness (QED) is 0.654. The zero-order valence-electron chi connectivity index (χ0n) is 10.3. The van der Waals surface area contributed by atoms with E-state index in [0.29, 0.717) is 5.69 Å². The highest BCUT2D eigenvalue weighted by Gasteiger charge is 2.06. The van der Waals surface area contributed by atoms with Gasteiger partial charge in [-0.3, -0.25) is 5.43 Å². The third-order valence-corrected chi connectivity index (χ3v) is 4.14. The monoisotopic (exact) mass is 353 g/mol. The summed E-state index contributed by atoms with van der Waals surface area (Å²) in [6.45, 7) is 0. The van der Waals surface area contributed by atoms with Crippen molar-refractivity contribution in [2.45, 2.75) is 4.90 Å². The number of hydrogen-bond acceptors (Lipinski definition) is 4. The molecule has 5 nitrogen and oxygen atoms in total. The van der Waals surface area contributed by atoms with Crippen LogP contribution in [0, 0.1) is 0 Å². The number of nitrogens with one attached hydrogen (secondary N) is 1. The fourth-order valence-electron chi connectivity index (χ4n) is 1.48. The van der Waals surface area contributed by atoms with Crippen LogP contribution >= 0.6 is 15.9 Å². The molecule has 0 atom stereocenters. The molecule has 7 heteroatoms. The first-order chi connectivity index (χ1) is 9.47. The molecular weight excluding hydrogens is 342 g/mol. The number of anilines is 1. The predicted molar refractivity (Wildman–Crippen MR) is 83.2 cm³/mol. The molecule has 20 heavy (non-hydrogen) atoms. The Morgan fingerprint density at radius 3 is 2.35 bits per heavy atom. The Balaban J connectivity index is 2.07. The molecule has 0 spiro atoms. The van der Waals surface area contributed by atoms with Crippen molar-refractivity contribution in [1.82, 2.24) is 0 Å². The molecule has 0 saturated heterocycles. The van der Waals surface area contributed by atoms with Crippen LogP contribution in [0.5, 0.6) is 0 Å². The average molecular weight is 354 g/mol. The van der Waals surface area contributed by atoms with Crippen molar-refractivity contribution in [3.8, 4) is 0 Å². The summed E-state index contributed by atoms with van der Waals surface area (Å²) in [4.78, 5) is 0.0674. The van der Waals surface area contributed by atoms with Crippen molar-refractivity contribution in [3.63, 3.8) is 0 Å². The van der Waals surface area contributed by atoms with Crippen LogP contribution in [0.25, 0.3) is 0 Å². The Morgan fingerprint density at radius 1 is 1.10 bits per heavy atom. The Kier molecular flexibility index (Phi) is 4.53. The number of hydrogen-bond donors (Lipinski definition) is 2. The van der Waals surface area contributed by atoms with Gasteiger partial charge in [0.25, 0.3) is 0 Å². The van der Waals surface area contributed by atoms with Crippen molar-refractivity contribution in [1.29, 1.82) is 0 Å². The van der Waals surface area contributed by atoms with Crippen LogP contribution in [0.3, 0.4) is 0 Å². The van der Waals surface area contributed by atoms with E-state index >= 15 is 0 Å². The fourth-order valence-corrected chi connectivity index (χ4v) is 2.38. The van der Waals surface area contributed by atoms with Gasteiger partial charge in [0.15, 0.2) is 0 Å². The summed E-state index contributed by atoms with van der Waals surface area (Å²) in [7, 11) is -3.66. The van der Waals surface area contributed by atoms with Crippen molar-refractivity contribution in [3.05, 3.63) is 58.6 Å². The van der Waals surface area contributed by atoms with Crippen LogP contribution in [0.1, 0.15) is 5.56 Å². The second-order valence-corrected chi connectivity index (χ2v) is 6.38. The van der Waals surface area contributed by atoms with Crippen molar-refractivity contribution < 1.29 is 8.42 Å². The van der Waals surface area contributed by atoms with Crippen LogP contribution in [0.15, 0.2) is 63.0 Å². The third kappa shape index (κ3) is 3.89. The van der Waals surface area contributed by atoms with E-state index in [0.717, 1.165) is 10.0 Å². The minimum Gasteiger partial charge on any atom is -0.279 e. The van der Waals surface area contributed by atoms with E-state index < -0.39 is 10.0 Å². The Hall–Kier alpha value is -1.70. The van der Waals surface area contributed by atoms with Gasteiger partial charge in [0, 0.05) is 10.0 Å². The fraction of sp³-hybridized carbons (Fsp3) is 0. The van der Waals surface area contributed by atoms with Crippen molar-refractivity contribution in [2.24, 2.45) is 10.2 Å². The lowest BCUT2D eigenvalue weighted by Crippen LogP contribution is -2.11. The van der Waals surface area contributed by atoms with Crippen molar-refractivity contribution in [2.75, 3.05) is 5.43 Å². The molecule has 0 aliphatic carbocycles. The van der Waals surface area contributed by atoms with E-state index in [9.17, 15) is 8.42 Å². The molecule has 0 aliphatic heterocycles. The number of primary sulfonamides is 1. The van der Waals surface area contributed by atoms with E-state index in [-0.39, 0.29) is 4.90 Å². The lowest BCUT2D eigenvalue weighted by molar-refractivity contribution is 0.598. The third-order valence-electron chi connectivity index (χ3n) is 2.49. The highest BCUT2D eigenvalue weighted by Crippen LogP contribution is 2.15. The van der Waals surface area contributed by atoms with Gasteiger partial charge >= 0.3 is 0 Å². The topological polar surface area (TPSA) is 84.5 Å². The molecule has 2 aromatic rings. The zero-order chi connectivity index (χ0) is 14.6. The molecule has 0 aliphatic rings. The summed E-state index contributed by atoms with van der Waals surface area (Å²) in [5, 5.41) is 9.10. The molecular formula is C13H12BrN3O2S. The highest BCUT2D eigenvalue weighted by atomic mass is 79.9. The molecule has 0 bridgehead atoms. The summed E-state index contributed by atoms with van der Waals surface area (Å²) in [5.74, 6) is 0. The lowest BCUT2D eigenvalue weighted by Gasteiger charge is -2.02. The van der Waals surface area contributed by atoms with Gasteiger partial charge in [-0.05, 0) is 30.3 Å². The van der Waals surface area contributed by atoms with Gasteiger partial charge < -0.3 is 0 Å². The van der Waals surface area contributed by atoms with Gasteiger partial charge in [-0.2, -0.15) is 5.10 Å². The number of hydrazone groups is 1. The Labute approximate surface area is 125 Å². The smallest absolute Gasteiger partial charge is 0.238 e. The maximum Gasteiger partial charge on any atom is 0.238 e. The summed E-state index contributed by atoms with van der Waals surface area (Å²) >= 11 is 3.41. The van der Waals surface area contributed by atoms with E-state index in [4.69, 9.17) is 5.14 Å². The van der Waals surface area contributed by atoms with E-state index in [2.05, 4.69) is 26.5 Å². The lowest BCUT2D eigenvalue weighted by atomic mass is 10.2. The standard InChI is InChI=1S/C13H12BrN3O2S/c14-13-4-2-1-3-10(13)9-16-17-11-5-7-12(8-6-11)20(15,18)19/h1-9,17H,(H2,15,18,19)/b16-9+. The van der Waals surface area contributed by atoms with Gasteiger partial charge in [0.2, 0.25) is 10.0 Å². The Bertz CT molecular complexity index is 728. The minimum atomic E-state index is -3.66. The maximum absolute atomic E-state index is 11.1. The molecule has 0 unspecified atom stereocenters. The van der Waals surface area contributed by atoms with Crippen LogP contribution < -0.4 is 10.6 Å². The first-order valence-electron chi connectivity index (χ1n) is 5.63. The van der Waals surface area contributed by atoms with Gasteiger partial charge in [0.05, 0.1) is 16.8 Å². The first-order valence-corrected chi connectivity index (χ1v) is 7.97. The highest BCUT2D eigenvalue weighted by molar-refractivity contribution is 9.10. The number of nitrogens with zero attached hydrogens (tertiary/aromatic N) is 1. The molecule has 0 aromatic heterocycles. The van der Waals surface area contributed by atoms with Crippen LogP contribution in [0.2, 0.25) is 0 Å². The molecule has 2 aromatic carbocycles. The molecule has 0 amide bonds. The summed E-state index contributed by atoms with van der Waals surface area (Å²) in [5.41, 5.74) is 4.41. The number of rotatable bonds is 4. The first kappa shape index (κ1) is 14.7. The van der Waals surface area contributed by atoms with Gasteiger partial charge in [0.1, 0.15) is 0 Å². The minimum absolute atomic E-state index is 0.0674. The number of halogens is 1. The van der Waals surface area contributed by atoms with E-state index in [1.807, 2.05) is 24.3 Å². The molecule has 0 saturated carbocycles. The van der Waals surface area contributed by atoms with Crippen molar-refractivity contribution >= 4 is 37.9 Å². The van der Waals surface area contributed by atoms with Gasteiger partial charge in [-0.1, -0.05) is 34.1 Å². The van der Waals surface area contributed by atoms with Gasteiger partial charge in [-0.15, -0.1) is 0 Å². The maximum atomic E-state index is 11.1. The molecule has 0 heterocycles. The Morgan fingerprint density at radius 2 is 1.75 bits per heavy atom. The molecule has 0 fully saturated rings. The molecule has 0 radical (unpaired) electrons. The molecule has 2 rings (SSSR count).